The summed E-state index contributed by atoms with van der Waals surface area (Å²) < 4.78 is 25.0. The fraction of sp³-hybridized carbons (Fsp3) is 0.818. The minimum Gasteiger partial charge on any atom is -0.352 e. The topological polar surface area (TPSA) is 18.5 Å². The molecule has 3 aliphatic rings. The molecular formula is C22H35FO2. The van der Waals surface area contributed by atoms with Crippen molar-refractivity contribution in [3.05, 3.63) is 24.1 Å². The summed E-state index contributed by atoms with van der Waals surface area (Å²) in [6.45, 7) is 3.77. The molecule has 0 N–H and O–H groups in total. The second-order valence-electron chi connectivity index (χ2n) is 8.24. The van der Waals surface area contributed by atoms with E-state index in [1.54, 1.807) is 0 Å². The Morgan fingerprint density at radius 2 is 1.80 bits per heavy atom. The van der Waals surface area contributed by atoms with Gasteiger partial charge in [0.2, 0.25) is 0 Å². The minimum absolute atomic E-state index is 0.00968. The molecule has 0 aromatic heterocycles. The molecular weight excluding hydrogens is 315 g/mol. The molecule has 0 spiro atoms. The van der Waals surface area contributed by atoms with Crippen molar-refractivity contribution in [3.63, 3.8) is 0 Å². The summed E-state index contributed by atoms with van der Waals surface area (Å²) in [5, 5.41) is 0. The normalized spacial score (nSPS) is 37.2. The highest BCUT2D eigenvalue weighted by atomic mass is 19.1. The molecule has 1 aliphatic heterocycles. The van der Waals surface area contributed by atoms with Crippen LogP contribution in [-0.2, 0) is 9.47 Å². The molecule has 0 aromatic carbocycles. The van der Waals surface area contributed by atoms with Gasteiger partial charge in [0.25, 0.3) is 0 Å². The fourth-order valence-corrected chi connectivity index (χ4v) is 4.74. The average Bonchev–Trinajstić information content (AvgIpc) is 2.67. The van der Waals surface area contributed by atoms with Gasteiger partial charge in [-0.3, -0.25) is 0 Å². The summed E-state index contributed by atoms with van der Waals surface area (Å²) in [4.78, 5) is 0. The van der Waals surface area contributed by atoms with Crippen LogP contribution in [0.1, 0.15) is 71.1 Å². The van der Waals surface area contributed by atoms with Gasteiger partial charge in [-0.1, -0.05) is 38.0 Å². The SMILES string of the molecule is CCC=CC1COC(CCC2CCC(C3CC=C(F)CC3)CC2)OC1. The Kier molecular flexibility index (Phi) is 7.54. The Balaban J connectivity index is 1.30. The molecule has 3 heteroatoms. The zero-order valence-corrected chi connectivity index (χ0v) is 15.8. The lowest BCUT2D eigenvalue weighted by atomic mass is 9.71. The third-order valence-electron chi connectivity index (χ3n) is 6.40. The molecule has 1 saturated heterocycles. The zero-order chi connectivity index (χ0) is 17.5. The smallest absolute Gasteiger partial charge is 0.157 e. The monoisotopic (exact) mass is 350 g/mol. The molecule has 2 fully saturated rings. The Labute approximate surface area is 152 Å². The third-order valence-corrected chi connectivity index (χ3v) is 6.40. The molecule has 2 aliphatic carbocycles. The maximum atomic E-state index is 13.2. The lowest BCUT2D eigenvalue weighted by Gasteiger charge is -2.35. The van der Waals surface area contributed by atoms with Gasteiger partial charge in [0.1, 0.15) is 0 Å². The van der Waals surface area contributed by atoms with Crippen LogP contribution in [0.3, 0.4) is 0 Å². The molecule has 1 saturated carbocycles. The van der Waals surface area contributed by atoms with Crippen LogP contribution in [0.5, 0.6) is 0 Å². The van der Waals surface area contributed by atoms with Crippen molar-refractivity contribution in [2.45, 2.75) is 77.4 Å². The largest absolute Gasteiger partial charge is 0.352 e. The second-order valence-corrected chi connectivity index (χ2v) is 8.24. The van der Waals surface area contributed by atoms with Gasteiger partial charge in [0.15, 0.2) is 6.29 Å². The van der Waals surface area contributed by atoms with E-state index in [9.17, 15) is 4.39 Å². The van der Waals surface area contributed by atoms with Crippen LogP contribution in [0, 0.1) is 23.7 Å². The van der Waals surface area contributed by atoms with Crippen molar-refractivity contribution in [3.8, 4) is 0 Å². The van der Waals surface area contributed by atoms with Crippen LogP contribution >= 0.6 is 0 Å². The van der Waals surface area contributed by atoms with Gasteiger partial charge >= 0.3 is 0 Å². The molecule has 0 radical (unpaired) electrons. The lowest BCUT2D eigenvalue weighted by Crippen LogP contribution is -2.31. The Hall–Kier alpha value is -0.670. The van der Waals surface area contributed by atoms with Crippen molar-refractivity contribution in [1.29, 1.82) is 0 Å². The van der Waals surface area contributed by atoms with Crippen LogP contribution in [-0.4, -0.2) is 19.5 Å². The van der Waals surface area contributed by atoms with Crippen LogP contribution in [0.25, 0.3) is 0 Å². The van der Waals surface area contributed by atoms with Gasteiger partial charge in [0.05, 0.1) is 19.0 Å². The van der Waals surface area contributed by atoms with Crippen molar-refractivity contribution in [2.75, 3.05) is 13.2 Å². The van der Waals surface area contributed by atoms with E-state index in [2.05, 4.69) is 19.1 Å². The first-order valence-electron chi connectivity index (χ1n) is 10.5. The van der Waals surface area contributed by atoms with Crippen LogP contribution in [0.2, 0.25) is 0 Å². The fourth-order valence-electron chi connectivity index (χ4n) is 4.74. The van der Waals surface area contributed by atoms with Crippen molar-refractivity contribution in [2.24, 2.45) is 23.7 Å². The molecule has 142 valence electrons. The molecule has 1 heterocycles. The van der Waals surface area contributed by atoms with E-state index in [1.165, 1.54) is 32.1 Å². The second kappa shape index (κ2) is 9.87. The summed E-state index contributed by atoms with van der Waals surface area (Å²) in [6.07, 6.45) is 17.7. The summed E-state index contributed by atoms with van der Waals surface area (Å²) in [6, 6.07) is 0. The van der Waals surface area contributed by atoms with Crippen molar-refractivity contribution >= 4 is 0 Å². The van der Waals surface area contributed by atoms with E-state index in [-0.39, 0.29) is 12.1 Å². The Bertz CT molecular complexity index is 443. The van der Waals surface area contributed by atoms with Gasteiger partial charge in [-0.05, 0) is 69.1 Å². The predicted molar refractivity (Wildman–Crippen MR) is 99.8 cm³/mol. The van der Waals surface area contributed by atoms with Crippen molar-refractivity contribution < 1.29 is 13.9 Å². The van der Waals surface area contributed by atoms with Gasteiger partial charge < -0.3 is 9.47 Å². The van der Waals surface area contributed by atoms with Gasteiger partial charge in [0, 0.05) is 5.92 Å². The van der Waals surface area contributed by atoms with Gasteiger partial charge in [-0.2, -0.15) is 0 Å². The first kappa shape index (κ1) is 19.1. The summed E-state index contributed by atoms with van der Waals surface area (Å²) in [5.74, 6) is 2.94. The first-order valence-corrected chi connectivity index (χ1v) is 10.5. The van der Waals surface area contributed by atoms with E-state index >= 15 is 0 Å². The molecule has 25 heavy (non-hydrogen) atoms. The predicted octanol–water partition coefficient (Wildman–Crippen LogP) is 6.18. The lowest BCUT2D eigenvalue weighted by molar-refractivity contribution is -0.197. The maximum absolute atomic E-state index is 13.2. The summed E-state index contributed by atoms with van der Waals surface area (Å²) >= 11 is 0. The molecule has 1 atom stereocenters. The highest BCUT2D eigenvalue weighted by molar-refractivity contribution is 4.99. The average molecular weight is 351 g/mol. The number of hydrogen-bond donors (Lipinski definition) is 0. The quantitative estimate of drug-likeness (QED) is 0.532. The summed E-state index contributed by atoms with van der Waals surface area (Å²) in [7, 11) is 0. The highest BCUT2D eigenvalue weighted by Crippen LogP contribution is 2.41. The van der Waals surface area contributed by atoms with Gasteiger partial charge in [-0.25, -0.2) is 4.39 Å². The van der Waals surface area contributed by atoms with Crippen LogP contribution in [0.4, 0.5) is 4.39 Å². The van der Waals surface area contributed by atoms with E-state index in [1.807, 2.05) is 6.08 Å². The third kappa shape index (κ3) is 5.92. The first-order chi connectivity index (χ1) is 12.2. The molecule has 2 nitrogen and oxygen atoms in total. The number of ether oxygens (including phenoxy) is 2. The van der Waals surface area contributed by atoms with Crippen molar-refractivity contribution in [1.82, 2.24) is 0 Å². The standard InChI is InChI=1S/C22H35FO2/c1-2-3-4-18-15-24-22(25-16-18)14-7-17-5-8-19(9-6-17)20-10-12-21(23)13-11-20/h3-4,12,17-20,22H,2,5-11,13-16H2,1H3. The Morgan fingerprint density at radius 3 is 2.44 bits per heavy atom. The van der Waals surface area contributed by atoms with E-state index in [4.69, 9.17) is 9.47 Å². The highest BCUT2D eigenvalue weighted by Gasteiger charge is 2.29. The number of allylic oxidation sites excluding steroid dienone is 3. The molecule has 3 rings (SSSR count). The van der Waals surface area contributed by atoms with Crippen LogP contribution < -0.4 is 0 Å². The molecule has 1 unspecified atom stereocenters. The van der Waals surface area contributed by atoms with Crippen LogP contribution in [0.15, 0.2) is 24.1 Å². The molecule has 0 aromatic rings. The van der Waals surface area contributed by atoms with E-state index in [0.29, 0.717) is 12.3 Å². The Morgan fingerprint density at radius 1 is 1.04 bits per heavy atom. The van der Waals surface area contributed by atoms with Gasteiger partial charge in [-0.15, -0.1) is 0 Å². The molecule has 0 amide bonds. The van der Waals surface area contributed by atoms with E-state index < -0.39 is 0 Å². The summed E-state index contributed by atoms with van der Waals surface area (Å²) in [5.41, 5.74) is 0. The number of hydrogen-bond acceptors (Lipinski definition) is 2. The number of rotatable bonds is 6. The van der Waals surface area contributed by atoms with E-state index in [0.717, 1.165) is 56.7 Å². The maximum Gasteiger partial charge on any atom is 0.157 e. The minimum atomic E-state index is 0.00968. The zero-order valence-electron chi connectivity index (χ0n) is 15.8. The molecule has 0 bridgehead atoms. The number of halogens is 1.